The van der Waals surface area contributed by atoms with Crippen LogP contribution in [0.5, 0.6) is 5.88 Å². The predicted octanol–water partition coefficient (Wildman–Crippen LogP) is 4.64. The summed E-state index contributed by atoms with van der Waals surface area (Å²) in [6, 6.07) is 19.7. The van der Waals surface area contributed by atoms with E-state index >= 15 is 0 Å². The lowest BCUT2D eigenvalue weighted by Gasteiger charge is -2.24. The SMILES string of the molecule is COC(=O)c1ccc2c(C(=Nc3ccc(N(CCN(C)C)S(C)(=O)=O)cc3)c3ccc4[nH]ccc4c3)c(O)[nH]c2c1. The van der Waals surface area contributed by atoms with Crippen LogP contribution in [0, 0.1) is 0 Å². The molecule has 0 bridgehead atoms. The molecule has 0 aliphatic rings. The number of hydrogen-bond donors (Lipinski definition) is 3. The van der Waals surface area contributed by atoms with Crippen molar-refractivity contribution in [3.05, 3.63) is 89.6 Å². The van der Waals surface area contributed by atoms with Gasteiger partial charge in [-0.15, -0.1) is 0 Å². The number of aliphatic imine (C=N–C) groups is 1. The van der Waals surface area contributed by atoms with Gasteiger partial charge in [-0.1, -0.05) is 12.1 Å². The minimum Gasteiger partial charge on any atom is -0.494 e. The van der Waals surface area contributed by atoms with Crippen LogP contribution in [0.15, 0.2) is 77.9 Å². The van der Waals surface area contributed by atoms with Crippen molar-refractivity contribution in [2.24, 2.45) is 4.99 Å². The number of methoxy groups -OCH3 is 1. The molecule has 0 saturated heterocycles. The van der Waals surface area contributed by atoms with Crippen LogP contribution in [0.4, 0.5) is 11.4 Å². The Bertz CT molecular complexity index is 1870. The second-order valence-corrected chi connectivity index (χ2v) is 11.9. The number of hydrogen-bond acceptors (Lipinski definition) is 7. The summed E-state index contributed by atoms with van der Waals surface area (Å²) in [7, 11) is 1.61. The summed E-state index contributed by atoms with van der Waals surface area (Å²) in [5.41, 5.74) is 4.70. The van der Waals surface area contributed by atoms with Crippen molar-refractivity contribution in [2.45, 2.75) is 0 Å². The molecule has 5 rings (SSSR count). The number of anilines is 1. The number of ether oxygens (including phenoxy) is 1. The van der Waals surface area contributed by atoms with Crippen LogP contribution < -0.4 is 4.31 Å². The lowest BCUT2D eigenvalue weighted by molar-refractivity contribution is 0.0601. The number of carbonyl (C=O) groups excluding carboxylic acids is 1. The number of aromatic hydroxyl groups is 1. The topological polar surface area (TPSA) is 131 Å². The maximum atomic E-state index is 12.5. The van der Waals surface area contributed by atoms with Crippen LogP contribution in [-0.4, -0.2) is 80.6 Å². The van der Waals surface area contributed by atoms with E-state index in [4.69, 9.17) is 9.73 Å². The third-order valence-electron chi connectivity index (χ3n) is 6.79. The van der Waals surface area contributed by atoms with Gasteiger partial charge in [0.25, 0.3) is 0 Å². The Balaban J connectivity index is 1.63. The highest BCUT2D eigenvalue weighted by Gasteiger charge is 2.21. The van der Waals surface area contributed by atoms with Gasteiger partial charge in [0.1, 0.15) is 0 Å². The zero-order chi connectivity index (χ0) is 29.3. The van der Waals surface area contributed by atoms with E-state index in [-0.39, 0.29) is 5.88 Å². The number of benzene rings is 3. The number of esters is 1. The summed E-state index contributed by atoms with van der Waals surface area (Å²) in [5.74, 6) is -0.582. The Kier molecular flexibility index (Phi) is 7.57. The molecule has 5 aromatic rings. The van der Waals surface area contributed by atoms with Crippen molar-refractivity contribution in [2.75, 3.05) is 44.9 Å². The lowest BCUT2D eigenvalue weighted by atomic mass is 9.99. The van der Waals surface area contributed by atoms with E-state index in [0.29, 0.717) is 52.2 Å². The van der Waals surface area contributed by atoms with E-state index in [1.54, 1.807) is 42.5 Å². The molecule has 212 valence electrons. The summed E-state index contributed by atoms with van der Waals surface area (Å²) in [5, 5.41) is 12.7. The van der Waals surface area contributed by atoms with Gasteiger partial charge in [0, 0.05) is 46.7 Å². The average molecular weight is 574 g/mol. The number of sulfonamides is 1. The Morgan fingerprint density at radius 2 is 1.68 bits per heavy atom. The lowest BCUT2D eigenvalue weighted by Crippen LogP contribution is -2.35. The fourth-order valence-electron chi connectivity index (χ4n) is 4.73. The molecule has 3 aromatic carbocycles. The Morgan fingerprint density at radius 1 is 0.951 bits per heavy atom. The van der Waals surface area contributed by atoms with Crippen LogP contribution in [0.25, 0.3) is 21.8 Å². The fourth-order valence-corrected chi connectivity index (χ4v) is 5.65. The smallest absolute Gasteiger partial charge is 0.337 e. The average Bonchev–Trinajstić information content (AvgIpc) is 3.53. The van der Waals surface area contributed by atoms with E-state index in [1.165, 1.54) is 17.7 Å². The molecule has 0 unspecified atom stereocenters. The zero-order valence-electron chi connectivity index (χ0n) is 23.2. The van der Waals surface area contributed by atoms with Crippen molar-refractivity contribution < 1.29 is 23.1 Å². The van der Waals surface area contributed by atoms with Gasteiger partial charge in [-0.05, 0) is 68.7 Å². The van der Waals surface area contributed by atoms with E-state index in [2.05, 4.69) is 9.97 Å². The number of aromatic nitrogens is 2. The Morgan fingerprint density at radius 3 is 2.37 bits per heavy atom. The molecule has 11 heteroatoms. The van der Waals surface area contributed by atoms with Crippen molar-refractivity contribution in [3.8, 4) is 5.88 Å². The first-order valence-corrected chi connectivity index (χ1v) is 14.7. The fraction of sp³-hybridized carbons (Fsp3) is 0.200. The quantitative estimate of drug-likeness (QED) is 0.174. The molecule has 0 atom stereocenters. The van der Waals surface area contributed by atoms with Gasteiger partial charge in [0.05, 0.1) is 41.6 Å². The largest absolute Gasteiger partial charge is 0.494 e. The predicted molar refractivity (Wildman–Crippen MR) is 162 cm³/mol. The number of nitrogens with one attached hydrogen (secondary N) is 2. The molecule has 41 heavy (non-hydrogen) atoms. The first kappa shape index (κ1) is 27.9. The van der Waals surface area contributed by atoms with E-state index in [0.717, 1.165) is 16.5 Å². The van der Waals surface area contributed by atoms with Gasteiger partial charge >= 0.3 is 5.97 Å². The third kappa shape index (κ3) is 5.81. The molecule has 0 radical (unpaired) electrons. The Hall–Kier alpha value is -4.61. The first-order valence-electron chi connectivity index (χ1n) is 12.9. The van der Waals surface area contributed by atoms with Crippen LogP contribution in [0.3, 0.4) is 0 Å². The summed E-state index contributed by atoms with van der Waals surface area (Å²) in [4.78, 5) is 25.1. The van der Waals surface area contributed by atoms with Crippen molar-refractivity contribution in [3.63, 3.8) is 0 Å². The molecule has 0 amide bonds. The number of fused-ring (bicyclic) bond motifs is 2. The van der Waals surface area contributed by atoms with E-state index in [9.17, 15) is 18.3 Å². The minimum atomic E-state index is -3.49. The number of nitrogens with zero attached hydrogens (tertiary/aromatic N) is 3. The minimum absolute atomic E-state index is 0.0986. The van der Waals surface area contributed by atoms with Crippen molar-refractivity contribution in [1.29, 1.82) is 0 Å². The van der Waals surface area contributed by atoms with Crippen LogP contribution in [0.1, 0.15) is 21.5 Å². The normalized spacial score (nSPS) is 12.4. The van der Waals surface area contributed by atoms with Crippen molar-refractivity contribution >= 4 is 54.9 Å². The van der Waals surface area contributed by atoms with Gasteiger partial charge in [0.2, 0.25) is 10.0 Å². The molecule has 0 spiro atoms. The maximum Gasteiger partial charge on any atom is 0.337 e. The molecular weight excluding hydrogens is 542 g/mol. The molecule has 0 aliphatic heterocycles. The standard InChI is InChI=1S/C30H31N5O5S/c1-34(2)15-16-35(41(4,38)39)23-9-7-22(8-10-23)32-28(20-6-12-25-19(17-20)13-14-31-25)27-24-11-5-21(30(37)40-3)18-26(24)33-29(27)36/h5-14,17-18,31,33,36H,15-16H2,1-4H3. The second kappa shape index (κ2) is 11.1. The molecule has 10 nitrogen and oxygen atoms in total. The second-order valence-electron chi connectivity index (χ2n) is 10.00. The van der Waals surface area contributed by atoms with E-state index < -0.39 is 16.0 Å². The molecule has 2 aromatic heterocycles. The monoisotopic (exact) mass is 573 g/mol. The number of likely N-dealkylation sites (N-methyl/N-ethyl adjacent to an activating group) is 1. The van der Waals surface area contributed by atoms with E-state index in [1.807, 2.05) is 49.5 Å². The zero-order valence-corrected chi connectivity index (χ0v) is 24.0. The molecule has 2 heterocycles. The number of rotatable bonds is 9. The number of aromatic amines is 2. The number of carbonyl (C=O) groups is 1. The van der Waals surface area contributed by atoms with Gasteiger partial charge in [-0.2, -0.15) is 0 Å². The highest BCUT2D eigenvalue weighted by atomic mass is 32.2. The number of H-pyrrole nitrogens is 2. The van der Waals surface area contributed by atoms with Crippen LogP contribution in [-0.2, 0) is 14.8 Å². The summed E-state index contributed by atoms with van der Waals surface area (Å²) < 4.78 is 31.2. The Labute approximate surface area is 237 Å². The third-order valence-corrected chi connectivity index (χ3v) is 7.99. The highest BCUT2D eigenvalue weighted by molar-refractivity contribution is 7.92. The molecule has 3 N–H and O–H groups in total. The van der Waals surface area contributed by atoms with Crippen molar-refractivity contribution in [1.82, 2.24) is 14.9 Å². The van der Waals surface area contributed by atoms with Crippen LogP contribution in [0.2, 0.25) is 0 Å². The molecule has 0 fully saturated rings. The molecule has 0 saturated carbocycles. The summed E-state index contributed by atoms with van der Waals surface area (Å²) >= 11 is 0. The summed E-state index contributed by atoms with van der Waals surface area (Å²) in [6.07, 6.45) is 3.04. The first-order chi connectivity index (χ1) is 19.5. The molecule has 0 aliphatic carbocycles. The van der Waals surface area contributed by atoms with Crippen LogP contribution >= 0.6 is 0 Å². The molecular formula is C30H31N5O5S. The summed E-state index contributed by atoms with van der Waals surface area (Å²) in [6.45, 7) is 0.878. The highest BCUT2D eigenvalue weighted by Crippen LogP contribution is 2.33. The maximum absolute atomic E-state index is 12.5. The van der Waals surface area contributed by atoms with Gasteiger partial charge in [-0.3, -0.25) is 4.31 Å². The van der Waals surface area contributed by atoms with Gasteiger partial charge < -0.3 is 24.7 Å². The van der Waals surface area contributed by atoms with Gasteiger partial charge in [-0.25, -0.2) is 18.2 Å². The van der Waals surface area contributed by atoms with Gasteiger partial charge in [0.15, 0.2) is 5.88 Å².